The lowest BCUT2D eigenvalue weighted by Crippen LogP contribution is -1.96. The van der Waals surface area contributed by atoms with E-state index in [0.29, 0.717) is 0 Å². The number of nitrogens with zero attached hydrogens (tertiary/aromatic N) is 1. The van der Waals surface area contributed by atoms with Crippen molar-refractivity contribution in [3.63, 3.8) is 0 Å². The third kappa shape index (κ3) is 4.33. The van der Waals surface area contributed by atoms with E-state index in [0.717, 1.165) is 20.8 Å². The van der Waals surface area contributed by atoms with E-state index >= 15 is 0 Å². The maximum Gasteiger partial charge on any atom is 0.294 e. The Hall–Kier alpha value is -1.83. The number of benzene rings is 2. The van der Waals surface area contributed by atoms with Crippen LogP contribution in [0.3, 0.4) is 0 Å². The number of aryl methyl sites for hydroxylation is 2. The van der Waals surface area contributed by atoms with E-state index < -0.39 is 10.1 Å². The molecular formula is C15H14FNO3S2. The van der Waals surface area contributed by atoms with Crippen LogP contribution >= 0.6 is 11.3 Å². The van der Waals surface area contributed by atoms with E-state index in [9.17, 15) is 12.8 Å². The molecule has 0 saturated carbocycles. The van der Waals surface area contributed by atoms with Crippen molar-refractivity contribution in [3.05, 3.63) is 58.9 Å². The molecule has 2 aromatic carbocycles. The minimum absolute atomic E-state index is 0.0666. The lowest BCUT2D eigenvalue weighted by Gasteiger charge is -1.95. The van der Waals surface area contributed by atoms with Crippen molar-refractivity contribution >= 4 is 31.7 Å². The average molecular weight is 339 g/mol. The highest BCUT2D eigenvalue weighted by Crippen LogP contribution is 2.21. The number of thiazole rings is 1. The van der Waals surface area contributed by atoms with Crippen LogP contribution in [0.4, 0.5) is 4.39 Å². The Kier molecular flexibility index (Phi) is 4.90. The monoisotopic (exact) mass is 339 g/mol. The summed E-state index contributed by atoms with van der Waals surface area (Å²) >= 11 is 1.58. The molecule has 0 atom stereocenters. The van der Waals surface area contributed by atoms with Crippen molar-refractivity contribution in [1.29, 1.82) is 0 Å². The molecule has 0 spiro atoms. The number of halogens is 1. The Labute approximate surface area is 132 Å². The Balaban J connectivity index is 0.000000160. The van der Waals surface area contributed by atoms with Gasteiger partial charge in [-0.2, -0.15) is 8.42 Å². The van der Waals surface area contributed by atoms with Gasteiger partial charge in [-0.05, 0) is 38.1 Å². The summed E-state index contributed by atoms with van der Waals surface area (Å²) in [6.45, 7) is 3.76. The van der Waals surface area contributed by atoms with Gasteiger partial charge in [0.05, 0.1) is 20.1 Å². The number of hydrogen-bond acceptors (Lipinski definition) is 4. The highest BCUT2D eigenvalue weighted by atomic mass is 32.2. The number of rotatable bonds is 1. The van der Waals surface area contributed by atoms with Crippen LogP contribution in [0.15, 0.2) is 47.4 Å². The molecule has 1 N–H and O–H groups in total. The van der Waals surface area contributed by atoms with E-state index in [4.69, 9.17) is 4.55 Å². The highest BCUT2D eigenvalue weighted by molar-refractivity contribution is 7.85. The Bertz CT molecular complexity index is 887. The van der Waals surface area contributed by atoms with Crippen molar-refractivity contribution in [2.24, 2.45) is 0 Å². The van der Waals surface area contributed by atoms with Gasteiger partial charge in [-0.1, -0.05) is 17.7 Å². The van der Waals surface area contributed by atoms with E-state index in [1.54, 1.807) is 29.5 Å². The van der Waals surface area contributed by atoms with Crippen LogP contribution in [0.2, 0.25) is 0 Å². The quantitative estimate of drug-likeness (QED) is 0.681. The van der Waals surface area contributed by atoms with E-state index in [1.165, 1.54) is 24.3 Å². The predicted octanol–water partition coefficient (Wildman–Crippen LogP) is 3.99. The van der Waals surface area contributed by atoms with Gasteiger partial charge in [0, 0.05) is 6.07 Å². The van der Waals surface area contributed by atoms with Gasteiger partial charge in [0.25, 0.3) is 10.1 Å². The SMILES string of the molecule is Cc1ccc(S(=O)(=O)O)cc1.Cc1nc2cc(F)ccc2s1. The standard InChI is InChI=1S/C8H6FNS.C7H8O3S/c1-5-10-7-4-6(9)2-3-8(7)11-5;1-6-2-4-7(5-3-6)11(8,9)10/h2-4H,1H3;2-5H,1H3,(H,8,9,10). The third-order valence-electron chi connectivity index (χ3n) is 2.78. The third-order valence-corrected chi connectivity index (χ3v) is 4.60. The van der Waals surface area contributed by atoms with Crippen LogP contribution in [0.1, 0.15) is 10.6 Å². The van der Waals surface area contributed by atoms with Crippen molar-refractivity contribution in [1.82, 2.24) is 4.98 Å². The molecule has 0 saturated heterocycles. The number of hydrogen-bond donors (Lipinski definition) is 1. The molecular weight excluding hydrogens is 325 g/mol. The fraction of sp³-hybridized carbons (Fsp3) is 0.133. The largest absolute Gasteiger partial charge is 0.294 e. The van der Waals surface area contributed by atoms with Crippen LogP contribution in [-0.4, -0.2) is 18.0 Å². The summed E-state index contributed by atoms with van der Waals surface area (Å²) in [5.41, 5.74) is 1.71. The first-order chi connectivity index (χ1) is 10.3. The van der Waals surface area contributed by atoms with Crippen molar-refractivity contribution in [2.45, 2.75) is 18.7 Å². The van der Waals surface area contributed by atoms with Crippen molar-refractivity contribution in [2.75, 3.05) is 0 Å². The molecule has 0 aliphatic rings. The van der Waals surface area contributed by atoms with Gasteiger partial charge in [0.15, 0.2) is 0 Å². The second kappa shape index (κ2) is 6.51. The zero-order valence-corrected chi connectivity index (χ0v) is 13.6. The normalized spacial score (nSPS) is 11.1. The molecule has 4 nitrogen and oxygen atoms in total. The first kappa shape index (κ1) is 16.5. The van der Waals surface area contributed by atoms with Crippen molar-refractivity contribution in [3.8, 4) is 0 Å². The zero-order chi connectivity index (χ0) is 16.3. The van der Waals surface area contributed by atoms with Crippen molar-refractivity contribution < 1.29 is 17.4 Å². The van der Waals surface area contributed by atoms with Gasteiger partial charge in [-0.15, -0.1) is 11.3 Å². The Morgan fingerprint density at radius 3 is 2.32 bits per heavy atom. The maximum atomic E-state index is 12.6. The van der Waals surface area contributed by atoms with Gasteiger partial charge in [-0.3, -0.25) is 4.55 Å². The van der Waals surface area contributed by atoms with Crippen LogP contribution in [0.25, 0.3) is 10.2 Å². The molecule has 7 heteroatoms. The summed E-state index contributed by atoms with van der Waals surface area (Å²) in [5.74, 6) is -0.220. The fourth-order valence-electron chi connectivity index (χ4n) is 1.73. The average Bonchev–Trinajstić information content (AvgIpc) is 2.78. The topological polar surface area (TPSA) is 67.3 Å². The van der Waals surface area contributed by atoms with Gasteiger partial charge < -0.3 is 0 Å². The molecule has 0 fully saturated rings. The molecule has 1 heterocycles. The van der Waals surface area contributed by atoms with E-state index in [1.807, 2.05) is 13.8 Å². The zero-order valence-electron chi connectivity index (χ0n) is 11.9. The molecule has 0 radical (unpaired) electrons. The molecule has 0 bridgehead atoms. The van der Waals surface area contributed by atoms with Crippen LogP contribution in [0.5, 0.6) is 0 Å². The van der Waals surface area contributed by atoms with E-state index in [-0.39, 0.29) is 10.7 Å². The second-order valence-corrected chi connectivity index (χ2v) is 7.29. The predicted molar refractivity (Wildman–Crippen MR) is 85.3 cm³/mol. The lowest BCUT2D eigenvalue weighted by atomic mass is 10.2. The van der Waals surface area contributed by atoms with Crippen LogP contribution in [-0.2, 0) is 10.1 Å². The van der Waals surface area contributed by atoms with Gasteiger partial charge in [0.1, 0.15) is 5.82 Å². The summed E-state index contributed by atoms with van der Waals surface area (Å²) in [5, 5.41) is 0.977. The summed E-state index contributed by atoms with van der Waals surface area (Å²) < 4.78 is 43.2. The Morgan fingerprint density at radius 2 is 1.73 bits per heavy atom. The molecule has 3 rings (SSSR count). The molecule has 22 heavy (non-hydrogen) atoms. The van der Waals surface area contributed by atoms with Crippen LogP contribution in [0, 0.1) is 19.7 Å². The molecule has 1 aromatic heterocycles. The minimum atomic E-state index is -4.02. The summed E-state index contributed by atoms with van der Waals surface area (Å²) in [6.07, 6.45) is 0. The van der Waals surface area contributed by atoms with Gasteiger partial charge in [-0.25, -0.2) is 9.37 Å². The smallest absolute Gasteiger partial charge is 0.282 e. The first-order valence-corrected chi connectivity index (χ1v) is 8.58. The molecule has 0 aliphatic carbocycles. The molecule has 0 unspecified atom stereocenters. The molecule has 3 aromatic rings. The second-order valence-electron chi connectivity index (χ2n) is 4.63. The maximum absolute atomic E-state index is 12.6. The van der Waals surface area contributed by atoms with Gasteiger partial charge >= 0.3 is 0 Å². The molecule has 0 amide bonds. The summed E-state index contributed by atoms with van der Waals surface area (Å²) in [4.78, 5) is 4.09. The number of fused-ring (bicyclic) bond motifs is 1. The summed E-state index contributed by atoms with van der Waals surface area (Å²) in [7, 11) is -4.02. The first-order valence-electron chi connectivity index (χ1n) is 6.32. The Morgan fingerprint density at radius 1 is 1.09 bits per heavy atom. The van der Waals surface area contributed by atoms with E-state index in [2.05, 4.69) is 4.98 Å². The minimum Gasteiger partial charge on any atom is -0.282 e. The molecule has 0 aliphatic heterocycles. The fourth-order valence-corrected chi connectivity index (χ4v) is 3.01. The summed E-state index contributed by atoms with van der Waals surface area (Å²) in [6, 6.07) is 10.7. The van der Waals surface area contributed by atoms with Crippen LogP contribution < -0.4 is 0 Å². The lowest BCUT2D eigenvalue weighted by molar-refractivity contribution is 0.483. The number of aromatic nitrogens is 1. The molecule has 116 valence electrons. The van der Waals surface area contributed by atoms with Gasteiger partial charge in [0.2, 0.25) is 0 Å². The highest BCUT2D eigenvalue weighted by Gasteiger charge is 2.06.